The summed E-state index contributed by atoms with van der Waals surface area (Å²) in [5.74, 6) is 0.567. The number of nitrogens with zero attached hydrogens (tertiary/aromatic N) is 4. The fraction of sp³-hybridized carbons (Fsp3) is 0.500. The van der Waals surface area contributed by atoms with E-state index in [0.717, 1.165) is 24.9 Å². The van der Waals surface area contributed by atoms with Gasteiger partial charge in [0.15, 0.2) is 0 Å². The number of hydrogen-bond acceptors (Lipinski definition) is 4. The molecule has 0 spiro atoms. The molecule has 3 heterocycles. The van der Waals surface area contributed by atoms with E-state index in [-0.39, 0.29) is 18.1 Å². The number of amides is 1. The van der Waals surface area contributed by atoms with Crippen molar-refractivity contribution in [3.05, 3.63) is 41.9 Å². The van der Waals surface area contributed by atoms with Crippen LogP contribution in [0.5, 0.6) is 5.88 Å². The molecule has 0 N–H and O–H groups in total. The maximum absolute atomic E-state index is 12.7. The van der Waals surface area contributed by atoms with Crippen LogP contribution in [0, 0.1) is 6.92 Å². The standard InChI is InChI=1S/C18H24N4O2/c1-13(2)24-17-7-6-15(10-19-17)18(23)21-8-4-5-16(12-21)22-11-14(3)9-20-22/h6-7,9-11,13,16H,4-5,8,12H2,1-3H3/t16-/m0/s1. The minimum Gasteiger partial charge on any atom is -0.475 e. The Morgan fingerprint density at radius 3 is 2.79 bits per heavy atom. The minimum absolute atomic E-state index is 0.0205. The van der Waals surface area contributed by atoms with Gasteiger partial charge in [0.1, 0.15) is 0 Å². The van der Waals surface area contributed by atoms with Crippen LogP contribution < -0.4 is 4.74 Å². The average Bonchev–Trinajstić information content (AvgIpc) is 3.01. The van der Waals surface area contributed by atoms with E-state index >= 15 is 0 Å². The van der Waals surface area contributed by atoms with Gasteiger partial charge in [-0.05, 0) is 45.2 Å². The Bertz CT molecular complexity index is 693. The second-order valence-electron chi connectivity index (χ2n) is 6.60. The molecular formula is C18H24N4O2. The number of hydrogen-bond donors (Lipinski definition) is 0. The van der Waals surface area contributed by atoms with Crippen molar-refractivity contribution in [2.75, 3.05) is 13.1 Å². The van der Waals surface area contributed by atoms with Crippen LogP contribution in [0.2, 0.25) is 0 Å². The van der Waals surface area contributed by atoms with E-state index in [9.17, 15) is 4.79 Å². The van der Waals surface area contributed by atoms with Crippen LogP contribution in [-0.2, 0) is 0 Å². The van der Waals surface area contributed by atoms with Crippen molar-refractivity contribution < 1.29 is 9.53 Å². The first-order valence-corrected chi connectivity index (χ1v) is 8.45. The molecule has 1 atom stereocenters. The lowest BCUT2D eigenvalue weighted by atomic mass is 10.0. The Balaban J connectivity index is 1.67. The van der Waals surface area contributed by atoms with Crippen LogP contribution in [-0.4, -0.2) is 44.8 Å². The molecule has 1 aliphatic rings. The maximum Gasteiger partial charge on any atom is 0.255 e. The Kier molecular flexibility index (Phi) is 4.83. The normalized spacial score (nSPS) is 18.0. The summed E-state index contributed by atoms with van der Waals surface area (Å²) in [6, 6.07) is 3.79. The van der Waals surface area contributed by atoms with Gasteiger partial charge in [-0.15, -0.1) is 0 Å². The first kappa shape index (κ1) is 16.5. The molecule has 1 saturated heterocycles. The highest BCUT2D eigenvalue weighted by atomic mass is 16.5. The number of carbonyl (C=O) groups excluding carboxylic acids is 1. The highest BCUT2D eigenvalue weighted by Crippen LogP contribution is 2.23. The topological polar surface area (TPSA) is 60.2 Å². The van der Waals surface area contributed by atoms with Crippen LogP contribution in [0.25, 0.3) is 0 Å². The van der Waals surface area contributed by atoms with Crippen LogP contribution in [0.4, 0.5) is 0 Å². The van der Waals surface area contributed by atoms with E-state index in [1.165, 1.54) is 0 Å². The van der Waals surface area contributed by atoms with Gasteiger partial charge in [0.05, 0.1) is 23.9 Å². The van der Waals surface area contributed by atoms with E-state index in [1.54, 1.807) is 18.3 Å². The highest BCUT2D eigenvalue weighted by molar-refractivity contribution is 5.94. The number of likely N-dealkylation sites (tertiary alicyclic amines) is 1. The fourth-order valence-corrected chi connectivity index (χ4v) is 2.99. The van der Waals surface area contributed by atoms with E-state index < -0.39 is 0 Å². The first-order valence-electron chi connectivity index (χ1n) is 8.45. The predicted molar refractivity (Wildman–Crippen MR) is 91.1 cm³/mol. The van der Waals surface area contributed by atoms with Crippen molar-refractivity contribution in [1.82, 2.24) is 19.7 Å². The first-order chi connectivity index (χ1) is 11.5. The van der Waals surface area contributed by atoms with Crippen molar-refractivity contribution in [2.24, 2.45) is 0 Å². The van der Waals surface area contributed by atoms with Crippen molar-refractivity contribution in [3.63, 3.8) is 0 Å². The minimum atomic E-state index is 0.0205. The highest BCUT2D eigenvalue weighted by Gasteiger charge is 2.26. The second-order valence-corrected chi connectivity index (χ2v) is 6.60. The van der Waals surface area contributed by atoms with Gasteiger partial charge in [-0.3, -0.25) is 9.48 Å². The zero-order chi connectivity index (χ0) is 17.1. The molecule has 1 fully saturated rings. The quantitative estimate of drug-likeness (QED) is 0.866. The third-order valence-electron chi connectivity index (χ3n) is 4.13. The van der Waals surface area contributed by atoms with Gasteiger partial charge in [0.25, 0.3) is 5.91 Å². The summed E-state index contributed by atoms with van der Waals surface area (Å²) in [5, 5.41) is 4.39. The van der Waals surface area contributed by atoms with E-state index in [4.69, 9.17) is 4.74 Å². The number of aryl methyl sites for hydroxylation is 1. The molecule has 0 bridgehead atoms. The van der Waals surface area contributed by atoms with Crippen LogP contribution >= 0.6 is 0 Å². The summed E-state index contributed by atoms with van der Waals surface area (Å²) >= 11 is 0. The number of pyridine rings is 1. The molecule has 3 rings (SSSR count). The van der Waals surface area contributed by atoms with E-state index in [2.05, 4.69) is 10.1 Å². The molecule has 0 aliphatic carbocycles. The van der Waals surface area contributed by atoms with E-state index in [1.807, 2.05) is 42.7 Å². The molecule has 24 heavy (non-hydrogen) atoms. The smallest absolute Gasteiger partial charge is 0.255 e. The van der Waals surface area contributed by atoms with Crippen molar-refractivity contribution in [1.29, 1.82) is 0 Å². The molecule has 1 aliphatic heterocycles. The largest absolute Gasteiger partial charge is 0.475 e. The lowest BCUT2D eigenvalue weighted by molar-refractivity contribution is 0.0672. The summed E-state index contributed by atoms with van der Waals surface area (Å²) < 4.78 is 7.50. The molecule has 2 aromatic heterocycles. The van der Waals surface area contributed by atoms with Gasteiger partial charge in [-0.2, -0.15) is 5.10 Å². The van der Waals surface area contributed by atoms with Gasteiger partial charge in [-0.1, -0.05) is 0 Å². The molecule has 128 valence electrons. The van der Waals surface area contributed by atoms with Gasteiger partial charge < -0.3 is 9.64 Å². The number of piperidine rings is 1. The van der Waals surface area contributed by atoms with E-state index in [0.29, 0.717) is 18.0 Å². The Hall–Kier alpha value is -2.37. The molecule has 0 radical (unpaired) electrons. The lowest BCUT2D eigenvalue weighted by Crippen LogP contribution is -2.40. The number of ether oxygens (including phenoxy) is 1. The zero-order valence-electron chi connectivity index (χ0n) is 14.5. The Morgan fingerprint density at radius 1 is 1.33 bits per heavy atom. The molecular weight excluding hydrogens is 304 g/mol. The summed E-state index contributed by atoms with van der Waals surface area (Å²) in [4.78, 5) is 18.9. The molecule has 6 heteroatoms. The third kappa shape index (κ3) is 3.75. The number of carbonyl (C=O) groups is 1. The number of rotatable bonds is 4. The molecule has 0 unspecified atom stereocenters. The van der Waals surface area contributed by atoms with Crippen LogP contribution in [0.15, 0.2) is 30.7 Å². The molecule has 6 nitrogen and oxygen atoms in total. The Morgan fingerprint density at radius 2 is 2.17 bits per heavy atom. The van der Waals surface area contributed by atoms with Gasteiger partial charge in [-0.25, -0.2) is 4.98 Å². The fourth-order valence-electron chi connectivity index (χ4n) is 2.99. The van der Waals surface area contributed by atoms with Crippen molar-refractivity contribution in [2.45, 2.75) is 45.8 Å². The maximum atomic E-state index is 12.7. The molecule has 2 aromatic rings. The van der Waals surface area contributed by atoms with Crippen LogP contribution in [0.1, 0.15) is 48.7 Å². The second kappa shape index (κ2) is 7.03. The van der Waals surface area contributed by atoms with Gasteiger partial charge in [0, 0.05) is 31.5 Å². The zero-order valence-corrected chi connectivity index (χ0v) is 14.5. The summed E-state index contributed by atoms with van der Waals surface area (Å²) in [6.07, 6.45) is 7.60. The van der Waals surface area contributed by atoms with Crippen molar-refractivity contribution in [3.8, 4) is 5.88 Å². The van der Waals surface area contributed by atoms with Crippen molar-refractivity contribution >= 4 is 5.91 Å². The average molecular weight is 328 g/mol. The third-order valence-corrected chi connectivity index (χ3v) is 4.13. The van der Waals surface area contributed by atoms with Crippen LogP contribution in [0.3, 0.4) is 0 Å². The predicted octanol–water partition coefficient (Wildman–Crippen LogP) is 2.85. The monoisotopic (exact) mass is 328 g/mol. The molecule has 1 amide bonds. The Labute approximate surface area is 142 Å². The molecule has 0 aromatic carbocycles. The van der Waals surface area contributed by atoms with Gasteiger partial charge in [0.2, 0.25) is 5.88 Å². The summed E-state index contributed by atoms with van der Waals surface area (Å²) in [5.41, 5.74) is 1.74. The summed E-state index contributed by atoms with van der Waals surface area (Å²) in [6.45, 7) is 7.39. The molecule has 0 saturated carbocycles. The lowest BCUT2D eigenvalue weighted by Gasteiger charge is -2.32. The summed E-state index contributed by atoms with van der Waals surface area (Å²) in [7, 11) is 0. The SMILES string of the molecule is Cc1cnn([C@H]2CCCN(C(=O)c3ccc(OC(C)C)nc3)C2)c1. The number of aromatic nitrogens is 3. The van der Waals surface area contributed by atoms with Gasteiger partial charge >= 0.3 is 0 Å².